The number of esters is 1. The normalized spacial score (nSPS) is 18.3. The van der Waals surface area contributed by atoms with Crippen LogP contribution < -0.4 is 0 Å². The van der Waals surface area contributed by atoms with Crippen molar-refractivity contribution in [3.63, 3.8) is 0 Å². The molecule has 99 valence electrons. The van der Waals surface area contributed by atoms with E-state index in [0.717, 1.165) is 11.1 Å². The number of hydrogen-bond acceptors (Lipinski definition) is 3. The number of rotatable bonds is 4. The molecule has 4 nitrogen and oxygen atoms in total. The first-order valence-corrected chi connectivity index (χ1v) is 6.06. The third kappa shape index (κ3) is 2.42. The molecular weight excluding hydrogens is 232 g/mol. The van der Waals surface area contributed by atoms with Gasteiger partial charge in [0.2, 0.25) is 0 Å². The molecule has 0 amide bonds. The molecule has 4 heteroatoms. The lowest BCUT2D eigenvalue weighted by Gasteiger charge is -2.06. The van der Waals surface area contributed by atoms with E-state index in [9.17, 15) is 9.90 Å². The molecular formula is C14H19O4. The SMILES string of the molecule is CCOC(=O)C1=C(C)C(=C([O])OCC)C(C)=C1C. The van der Waals surface area contributed by atoms with Crippen LogP contribution in [0.3, 0.4) is 0 Å². The summed E-state index contributed by atoms with van der Waals surface area (Å²) in [5, 5.41) is 11.9. The van der Waals surface area contributed by atoms with Crippen molar-refractivity contribution in [1.29, 1.82) is 0 Å². The molecule has 0 atom stereocenters. The third-order valence-corrected chi connectivity index (χ3v) is 3.02. The summed E-state index contributed by atoms with van der Waals surface area (Å²) in [5.41, 5.74) is 3.18. The molecule has 0 unspecified atom stereocenters. The molecule has 1 aliphatic carbocycles. The fraction of sp³-hybridized carbons (Fsp3) is 0.500. The molecule has 0 aromatic rings. The molecule has 1 aliphatic rings. The number of carbonyl (C=O) groups excluding carboxylic acids is 1. The lowest BCUT2D eigenvalue weighted by atomic mass is 10.1. The van der Waals surface area contributed by atoms with Gasteiger partial charge in [-0.05, 0) is 51.3 Å². The van der Waals surface area contributed by atoms with Gasteiger partial charge in [0.15, 0.2) is 0 Å². The van der Waals surface area contributed by atoms with Crippen molar-refractivity contribution in [2.24, 2.45) is 0 Å². The lowest BCUT2D eigenvalue weighted by Crippen LogP contribution is -2.08. The van der Waals surface area contributed by atoms with Gasteiger partial charge in [0, 0.05) is 0 Å². The van der Waals surface area contributed by atoms with E-state index in [4.69, 9.17) is 9.47 Å². The Hall–Kier alpha value is -1.71. The molecule has 0 spiro atoms. The van der Waals surface area contributed by atoms with Crippen LogP contribution >= 0.6 is 0 Å². The smallest absolute Gasteiger partial charge is 0.338 e. The Morgan fingerprint density at radius 2 is 1.50 bits per heavy atom. The van der Waals surface area contributed by atoms with Crippen molar-refractivity contribution < 1.29 is 19.4 Å². The number of hydrogen-bond donors (Lipinski definition) is 0. The van der Waals surface area contributed by atoms with E-state index in [2.05, 4.69) is 0 Å². The van der Waals surface area contributed by atoms with E-state index >= 15 is 0 Å². The Balaban J connectivity index is 3.28. The monoisotopic (exact) mass is 251 g/mol. The second-order valence-electron chi connectivity index (χ2n) is 4.07. The summed E-state index contributed by atoms with van der Waals surface area (Å²) < 4.78 is 10.0. The summed E-state index contributed by atoms with van der Waals surface area (Å²) in [6.45, 7) is 9.52. The zero-order valence-corrected chi connectivity index (χ0v) is 11.5. The summed E-state index contributed by atoms with van der Waals surface area (Å²) in [4.78, 5) is 11.9. The summed E-state index contributed by atoms with van der Waals surface area (Å²) in [6, 6.07) is 0. The lowest BCUT2D eigenvalue weighted by molar-refractivity contribution is -0.138. The van der Waals surface area contributed by atoms with Gasteiger partial charge in [0.1, 0.15) is 0 Å². The highest BCUT2D eigenvalue weighted by Gasteiger charge is 2.30. The highest BCUT2D eigenvalue weighted by Crippen LogP contribution is 2.38. The van der Waals surface area contributed by atoms with Crippen molar-refractivity contribution in [1.82, 2.24) is 0 Å². The van der Waals surface area contributed by atoms with Crippen LogP contribution in [0.1, 0.15) is 34.6 Å². The van der Waals surface area contributed by atoms with Crippen molar-refractivity contribution in [3.8, 4) is 0 Å². The fourth-order valence-corrected chi connectivity index (χ4v) is 2.08. The predicted molar refractivity (Wildman–Crippen MR) is 67.0 cm³/mol. The highest BCUT2D eigenvalue weighted by atomic mass is 16.6. The molecule has 0 saturated carbocycles. The van der Waals surface area contributed by atoms with Gasteiger partial charge in [-0.25, -0.2) is 9.90 Å². The van der Waals surface area contributed by atoms with E-state index in [1.165, 1.54) is 0 Å². The molecule has 0 heterocycles. The average molecular weight is 251 g/mol. The summed E-state index contributed by atoms with van der Waals surface area (Å²) >= 11 is 0. The van der Waals surface area contributed by atoms with Crippen LogP contribution in [-0.4, -0.2) is 19.2 Å². The Labute approximate surface area is 108 Å². The number of ether oxygens (including phenoxy) is 2. The maximum absolute atomic E-state index is 11.9. The van der Waals surface area contributed by atoms with Crippen LogP contribution in [0.5, 0.6) is 0 Å². The molecule has 0 aromatic carbocycles. The first kappa shape index (κ1) is 14.4. The Bertz CT molecular complexity index is 452. The molecule has 0 N–H and O–H groups in total. The molecule has 0 bridgehead atoms. The summed E-state index contributed by atoms with van der Waals surface area (Å²) in [5.74, 6) is -0.766. The standard InChI is InChI=1S/C14H19O4/c1-6-17-13(15)11-8(3)9(4)12(10(11)5)14(16)18-7-2/h6-7H2,1-5H3. The summed E-state index contributed by atoms with van der Waals surface area (Å²) in [6.07, 6.45) is 0. The Morgan fingerprint density at radius 3 is 2.00 bits per heavy atom. The fourth-order valence-electron chi connectivity index (χ4n) is 2.08. The Kier molecular flexibility index (Phi) is 4.59. The second kappa shape index (κ2) is 5.76. The van der Waals surface area contributed by atoms with Gasteiger partial charge in [-0.2, -0.15) is 0 Å². The second-order valence-corrected chi connectivity index (χ2v) is 4.07. The van der Waals surface area contributed by atoms with Crippen LogP contribution in [0, 0.1) is 0 Å². The molecule has 0 aliphatic heterocycles. The van der Waals surface area contributed by atoms with E-state index in [0.29, 0.717) is 29.9 Å². The van der Waals surface area contributed by atoms with Crippen LogP contribution in [0.4, 0.5) is 0 Å². The van der Waals surface area contributed by atoms with Crippen LogP contribution in [0.2, 0.25) is 0 Å². The van der Waals surface area contributed by atoms with Crippen LogP contribution in [0.15, 0.2) is 33.8 Å². The quantitative estimate of drug-likeness (QED) is 0.570. The minimum Gasteiger partial charge on any atom is -0.462 e. The molecule has 1 rings (SSSR count). The minimum atomic E-state index is -0.383. The van der Waals surface area contributed by atoms with E-state index in [-0.39, 0.29) is 11.9 Å². The highest BCUT2D eigenvalue weighted by molar-refractivity contribution is 5.98. The van der Waals surface area contributed by atoms with Crippen molar-refractivity contribution in [2.75, 3.05) is 13.2 Å². The van der Waals surface area contributed by atoms with Crippen molar-refractivity contribution in [2.45, 2.75) is 34.6 Å². The van der Waals surface area contributed by atoms with Gasteiger partial charge in [-0.1, -0.05) is 0 Å². The van der Waals surface area contributed by atoms with Crippen molar-refractivity contribution >= 4 is 5.97 Å². The van der Waals surface area contributed by atoms with Crippen LogP contribution in [0.25, 0.3) is 0 Å². The zero-order chi connectivity index (χ0) is 13.9. The third-order valence-electron chi connectivity index (χ3n) is 3.02. The van der Waals surface area contributed by atoms with Gasteiger partial charge in [-0.3, -0.25) is 0 Å². The maximum atomic E-state index is 11.9. The van der Waals surface area contributed by atoms with E-state index < -0.39 is 0 Å². The van der Waals surface area contributed by atoms with Crippen molar-refractivity contribution in [3.05, 3.63) is 33.8 Å². The van der Waals surface area contributed by atoms with Gasteiger partial charge < -0.3 is 9.47 Å². The number of carbonyl (C=O) groups is 1. The Morgan fingerprint density at radius 1 is 0.944 bits per heavy atom. The molecule has 1 radical (unpaired) electrons. The molecule has 18 heavy (non-hydrogen) atoms. The van der Waals surface area contributed by atoms with Gasteiger partial charge >= 0.3 is 11.9 Å². The minimum absolute atomic E-state index is 0.316. The first-order chi connectivity index (χ1) is 8.45. The molecule has 0 aromatic heterocycles. The first-order valence-electron chi connectivity index (χ1n) is 6.06. The average Bonchev–Trinajstić information content (AvgIpc) is 2.51. The summed E-state index contributed by atoms with van der Waals surface area (Å²) in [7, 11) is 0. The van der Waals surface area contributed by atoms with Gasteiger partial charge in [0.25, 0.3) is 0 Å². The van der Waals surface area contributed by atoms with E-state index in [1.807, 2.05) is 13.8 Å². The molecule has 0 fully saturated rings. The number of allylic oxidation sites excluding steroid dienone is 3. The van der Waals surface area contributed by atoms with Crippen LogP contribution in [-0.2, 0) is 19.4 Å². The topological polar surface area (TPSA) is 55.4 Å². The predicted octanol–water partition coefficient (Wildman–Crippen LogP) is 2.89. The zero-order valence-electron chi connectivity index (χ0n) is 11.5. The van der Waals surface area contributed by atoms with Gasteiger partial charge in [-0.15, -0.1) is 0 Å². The van der Waals surface area contributed by atoms with E-state index in [1.54, 1.807) is 20.8 Å². The molecule has 0 saturated heterocycles. The van der Waals surface area contributed by atoms with Gasteiger partial charge in [0.05, 0.1) is 24.4 Å². The maximum Gasteiger partial charge on any atom is 0.338 e. The largest absolute Gasteiger partial charge is 0.462 e.